The lowest BCUT2D eigenvalue weighted by atomic mass is 10.3. The molecule has 5 heteroatoms. The van der Waals surface area contributed by atoms with Crippen LogP contribution in [0.2, 0.25) is 0 Å². The Morgan fingerprint density at radius 1 is 1.25 bits per heavy atom. The molecule has 1 aromatic carbocycles. The van der Waals surface area contributed by atoms with Crippen LogP contribution in [0.3, 0.4) is 0 Å². The molecular weight excluding hydrogens is 208 g/mol. The van der Waals surface area contributed by atoms with E-state index in [1.165, 1.54) is 5.01 Å². The number of β-amino-alcohol motifs (C(OH)–C–C–N with tert-alkyl or cyclic N) is 1. The van der Waals surface area contributed by atoms with E-state index in [2.05, 4.69) is 0 Å². The predicted molar refractivity (Wildman–Crippen MR) is 58.9 cm³/mol. The number of aromatic hydroxyl groups is 1. The van der Waals surface area contributed by atoms with Crippen molar-refractivity contribution in [3.63, 3.8) is 0 Å². The van der Waals surface area contributed by atoms with E-state index in [0.717, 1.165) is 5.69 Å². The Labute approximate surface area is 93.5 Å². The van der Waals surface area contributed by atoms with Crippen LogP contribution in [0, 0.1) is 0 Å². The lowest BCUT2D eigenvalue weighted by Gasteiger charge is -2.29. The van der Waals surface area contributed by atoms with Crippen LogP contribution < -0.4 is 5.01 Å². The number of nitrogens with zero attached hydrogens (tertiary/aromatic N) is 2. The first-order chi connectivity index (χ1) is 7.72. The number of rotatable bonds is 3. The third-order valence-corrected chi connectivity index (χ3v) is 2.58. The van der Waals surface area contributed by atoms with Crippen molar-refractivity contribution in [2.24, 2.45) is 0 Å². The van der Waals surface area contributed by atoms with Gasteiger partial charge in [0.1, 0.15) is 5.75 Å². The number of benzene rings is 1. The summed E-state index contributed by atoms with van der Waals surface area (Å²) in [5.74, 6) is 0.213. The smallest absolute Gasteiger partial charge is 0.243 e. The first-order valence-corrected chi connectivity index (χ1v) is 5.20. The maximum Gasteiger partial charge on any atom is 0.243 e. The van der Waals surface area contributed by atoms with Crippen molar-refractivity contribution in [2.45, 2.75) is 6.42 Å². The zero-order chi connectivity index (χ0) is 11.5. The number of phenolic OH excluding ortho intramolecular Hbond substituents is 1. The molecule has 5 nitrogen and oxygen atoms in total. The van der Waals surface area contributed by atoms with Gasteiger partial charge >= 0.3 is 0 Å². The third-order valence-electron chi connectivity index (χ3n) is 2.58. The molecule has 1 aliphatic heterocycles. The van der Waals surface area contributed by atoms with Gasteiger partial charge in [0.15, 0.2) is 0 Å². The van der Waals surface area contributed by atoms with Gasteiger partial charge in [0.2, 0.25) is 5.91 Å². The average Bonchev–Trinajstić information content (AvgIpc) is 2.63. The largest absolute Gasteiger partial charge is 0.508 e. The Bertz CT molecular complexity index is 377. The van der Waals surface area contributed by atoms with Crippen LogP contribution in [0.25, 0.3) is 0 Å². The summed E-state index contributed by atoms with van der Waals surface area (Å²) in [4.78, 5) is 11.5. The highest BCUT2D eigenvalue weighted by atomic mass is 16.3. The molecule has 0 aromatic heterocycles. The second-order valence-corrected chi connectivity index (χ2v) is 3.63. The molecule has 0 spiro atoms. The molecule has 0 bridgehead atoms. The van der Waals surface area contributed by atoms with Crippen LogP contribution in [0.15, 0.2) is 24.3 Å². The summed E-state index contributed by atoms with van der Waals surface area (Å²) in [5.41, 5.74) is 0.845. The van der Waals surface area contributed by atoms with Crippen LogP contribution in [-0.2, 0) is 4.79 Å². The van der Waals surface area contributed by atoms with Gasteiger partial charge in [-0.1, -0.05) is 0 Å². The molecule has 0 radical (unpaired) electrons. The van der Waals surface area contributed by atoms with Crippen molar-refractivity contribution in [2.75, 3.05) is 24.7 Å². The Hall–Kier alpha value is -1.75. The predicted octanol–water partition coefficient (Wildman–Crippen LogP) is 0.338. The summed E-state index contributed by atoms with van der Waals surface area (Å²) >= 11 is 0. The number of hydrazine groups is 1. The van der Waals surface area contributed by atoms with E-state index in [0.29, 0.717) is 19.5 Å². The topological polar surface area (TPSA) is 64.0 Å². The summed E-state index contributed by atoms with van der Waals surface area (Å²) < 4.78 is 0. The Kier molecular flexibility index (Phi) is 2.96. The zero-order valence-corrected chi connectivity index (χ0v) is 8.83. The fourth-order valence-corrected chi connectivity index (χ4v) is 1.82. The maximum atomic E-state index is 11.5. The van der Waals surface area contributed by atoms with E-state index in [1.807, 2.05) is 5.01 Å². The molecule has 86 valence electrons. The van der Waals surface area contributed by atoms with Crippen LogP contribution >= 0.6 is 0 Å². The second-order valence-electron chi connectivity index (χ2n) is 3.63. The van der Waals surface area contributed by atoms with E-state index in [-0.39, 0.29) is 18.3 Å². The fourth-order valence-electron chi connectivity index (χ4n) is 1.82. The number of aliphatic hydroxyl groups is 1. The normalized spacial score (nSPS) is 15.9. The first kappa shape index (κ1) is 10.8. The number of hydrogen-bond acceptors (Lipinski definition) is 4. The Balaban J connectivity index is 2.19. The molecule has 1 heterocycles. The molecular formula is C11H14N2O3. The van der Waals surface area contributed by atoms with Crippen molar-refractivity contribution in [1.82, 2.24) is 5.01 Å². The summed E-state index contributed by atoms with van der Waals surface area (Å²) in [5, 5.41) is 21.4. The molecule has 0 atom stereocenters. The van der Waals surface area contributed by atoms with Gasteiger partial charge in [-0.25, -0.2) is 0 Å². The van der Waals surface area contributed by atoms with Crippen molar-refractivity contribution in [3.8, 4) is 5.75 Å². The zero-order valence-electron chi connectivity index (χ0n) is 8.83. The van der Waals surface area contributed by atoms with Crippen molar-refractivity contribution < 1.29 is 15.0 Å². The molecule has 1 amide bonds. The molecule has 16 heavy (non-hydrogen) atoms. The molecule has 2 rings (SSSR count). The number of anilines is 1. The lowest BCUT2D eigenvalue weighted by Crippen LogP contribution is -2.40. The quantitative estimate of drug-likeness (QED) is 0.774. The van der Waals surface area contributed by atoms with Gasteiger partial charge < -0.3 is 10.2 Å². The summed E-state index contributed by atoms with van der Waals surface area (Å²) in [6.07, 6.45) is 0.459. The monoisotopic (exact) mass is 222 g/mol. The molecule has 0 saturated carbocycles. The van der Waals surface area contributed by atoms with E-state index in [9.17, 15) is 9.90 Å². The first-order valence-electron chi connectivity index (χ1n) is 5.20. The van der Waals surface area contributed by atoms with Gasteiger partial charge in [-0.05, 0) is 24.3 Å². The average molecular weight is 222 g/mol. The number of carbonyl (C=O) groups is 1. The van der Waals surface area contributed by atoms with Gasteiger partial charge in [-0.3, -0.25) is 14.8 Å². The third kappa shape index (κ3) is 1.94. The van der Waals surface area contributed by atoms with Gasteiger partial charge in [0, 0.05) is 13.0 Å². The number of phenols is 1. The van der Waals surface area contributed by atoms with Gasteiger partial charge in [-0.15, -0.1) is 0 Å². The SMILES string of the molecule is O=C1CCN(c2ccc(O)cc2)N1CCO. The van der Waals surface area contributed by atoms with Crippen LogP contribution in [-0.4, -0.2) is 40.8 Å². The van der Waals surface area contributed by atoms with E-state index in [4.69, 9.17) is 5.11 Å². The second kappa shape index (κ2) is 4.40. The minimum absolute atomic E-state index is 0.0159. The minimum Gasteiger partial charge on any atom is -0.508 e. The van der Waals surface area contributed by atoms with E-state index in [1.54, 1.807) is 24.3 Å². The van der Waals surface area contributed by atoms with Crippen molar-refractivity contribution in [1.29, 1.82) is 0 Å². The van der Waals surface area contributed by atoms with Crippen LogP contribution in [0.1, 0.15) is 6.42 Å². The highest BCUT2D eigenvalue weighted by Crippen LogP contribution is 2.24. The summed E-state index contributed by atoms with van der Waals surface area (Å²) in [6.45, 7) is 0.865. The number of amides is 1. The highest BCUT2D eigenvalue weighted by Gasteiger charge is 2.28. The molecule has 2 N–H and O–H groups in total. The molecule has 0 unspecified atom stereocenters. The fraction of sp³-hybridized carbons (Fsp3) is 0.364. The maximum absolute atomic E-state index is 11.5. The van der Waals surface area contributed by atoms with Crippen LogP contribution in [0.5, 0.6) is 5.75 Å². The standard InChI is InChI=1S/C11H14N2O3/c14-8-7-13-11(16)5-6-12(13)9-1-3-10(15)4-2-9/h1-4,14-15H,5-8H2. The molecule has 1 fully saturated rings. The lowest BCUT2D eigenvalue weighted by molar-refractivity contribution is -0.128. The van der Waals surface area contributed by atoms with Gasteiger partial charge in [0.05, 0.1) is 18.8 Å². The highest BCUT2D eigenvalue weighted by molar-refractivity contribution is 5.81. The van der Waals surface area contributed by atoms with Gasteiger partial charge in [-0.2, -0.15) is 0 Å². The van der Waals surface area contributed by atoms with Crippen molar-refractivity contribution in [3.05, 3.63) is 24.3 Å². The summed E-state index contributed by atoms with van der Waals surface area (Å²) in [6, 6.07) is 6.65. The summed E-state index contributed by atoms with van der Waals surface area (Å²) in [7, 11) is 0. The molecule has 1 saturated heterocycles. The molecule has 1 aliphatic rings. The van der Waals surface area contributed by atoms with E-state index < -0.39 is 0 Å². The van der Waals surface area contributed by atoms with Crippen molar-refractivity contribution >= 4 is 11.6 Å². The Morgan fingerprint density at radius 3 is 2.56 bits per heavy atom. The Morgan fingerprint density at radius 2 is 1.94 bits per heavy atom. The van der Waals surface area contributed by atoms with Crippen LogP contribution in [0.4, 0.5) is 5.69 Å². The number of aliphatic hydroxyl groups excluding tert-OH is 1. The molecule has 0 aliphatic carbocycles. The minimum atomic E-state index is -0.0552. The number of carbonyl (C=O) groups excluding carboxylic acids is 1. The molecule has 1 aromatic rings. The van der Waals surface area contributed by atoms with Gasteiger partial charge in [0.25, 0.3) is 0 Å². The number of hydrogen-bond donors (Lipinski definition) is 2. The van der Waals surface area contributed by atoms with E-state index >= 15 is 0 Å².